The van der Waals surface area contributed by atoms with Gasteiger partial charge in [0.2, 0.25) is 5.91 Å². The third kappa shape index (κ3) is 4.44. The van der Waals surface area contributed by atoms with Crippen molar-refractivity contribution in [1.29, 1.82) is 0 Å². The first-order valence-electron chi connectivity index (χ1n) is 8.63. The Labute approximate surface area is 154 Å². The van der Waals surface area contributed by atoms with Gasteiger partial charge in [0.1, 0.15) is 6.04 Å². The predicted molar refractivity (Wildman–Crippen MR) is 96.6 cm³/mol. The lowest BCUT2D eigenvalue weighted by Crippen LogP contribution is -2.42. The van der Waals surface area contributed by atoms with Gasteiger partial charge in [0, 0.05) is 47.9 Å². The second kappa shape index (κ2) is 8.19. The summed E-state index contributed by atoms with van der Waals surface area (Å²) in [7, 11) is 0. The average molecular weight is 375 g/mol. The van der Waals surface area contributed by atoms with Crippen LogP contribution in [0.15, 0.2) is 24.4 Å². The van der Waals surface area contributed by atoms with Crippen LogP contribution >= 0.6 is 0 Å². The van der Waals surface area contributed by atoms with E-state index in [0.29, 0.717) is 42.9 Å². The number of nitrogens with one attached hydrogen (secondary N) is 2. The van der Waals surface area contributed by atoms with Crippen LogP contribution in [0.4, 0.5) is 5.69 Å². The van der Waals surface area contributed by atoms with Crippen LogP contribution in [0.25, 0.3) is 10.9 Å². The Morgan fingerprint density at radius 1 is 1.19 bits per heavy atom. The number of ether oxygens (including phenoxy) is 1. The first-order chi connectivity index (χ1) is 13.0. The van der Waals surface area contributed by atoms with Crippen molar-refractivity contribution in [1.82, 2.24) is 9.88 Å². The zero-order valence-electron chi connectivity index (χ0n) is 14.6. The molecule has 0 bridgehead atoms. The molecule has 0 aliphatic carbocycles. The van der Waals surface area contributed by atoms with Crippen LogP contribution < -0.4 is 5.32 Å². The lowest BCUT2D eigenvalue weighted by molar-refractivity contribution is -0.145. The second-order valence-corrected chi connectivity index (χ2v) is 6.34. The number of anilines is 1. The Balaban J connectivity index is 1.86. The molecule has 1 fully saturated rings. The number of H-pyrrole nitrogens is 1. The molecule has 9 heteroatoms. The summed E-state index contributed by atoms with van der Waals surface area (Å²) in [6, 6.07) is 4.33. The number of aromatic amines is 1. The molecule has 1 aliphatic rings. The van der Waals surface area contributed by atoms with Crippen molar-refractivity contribution in [2.24, 2.45) is 0 Å². The van der Waals surface area contributed by atoms with E-state index in [1.807, 2.05) is 4.90 Å². The van der Waals surface area contributed by atoms with Crippen LogP contribution in [-0.2, 0) is 19.1 Å². The minimum atomic E-state index is -1.04. The van der Waals surface area contributed by atoms with Crippen LogP contribution in [0.1, 0.15) is 24.4 Å². The number of nitrogens with zero attached hydrogens (tertiary/aromatic N) is 1. The van der Waals surface area contributed by atoms with E-state index in [9.17, 15) is 19.5 Å². The van der Waals surface area contributed by atoms with E-state index in [2.05, 4.69) is 10.3 Å². The summed E-state index contributed by atoms with van der Waals surface area (Å²) < 4.78 is 5.31. The van der Waals surface area contributed by atoms with E-state index in [1.54, 1.807) is 24.4 Å². The van der Waals surface area contributed by atoms with E-state index in [0.717, 1.165) is 5.52 Å². The van der Waals surface area contributed by atoms with Gasteiger partial charge < -0.3 is 25.3 Å². The maximum atomic E-state index is 11.9. The summed E-state index contributed by atoms with van der Waals surface area (Å²) in [6.07, 6.45) is 1.30. The number of benzene rings is 1. The molecule has 3 rings (SSSR count). The molecule has 27 heavy (non-hydrogen) atoms. The fraction of sp³-hybridized carbons (Fsp3) is 0.389. The van der Waals surface area contributed by atoms with Crippen LogP contribution in [-0.4, -0.2) is 64.2 Å². The van der Waals surface area contributed by atoms with Gasteiger partial charge in [0.15, 0.2) is 0 Å². The Morgan fingerprint density at radius 2 is 1.93 bits per heavy atom. The number of rotatable bonds is 7. The van der Waals surface area contributed by atoms with Crippen molar-refractivity contribution in [3.8, 4) is 0 Å². The number of morpholine rings is 1. The quantitative estimate of drug-likeness (QED) is 0.575. The highest BCUT2D eigenvalue weighted by Gasteiger charge is 2.30. The summed E-state index contributed by atoms with van der Waals surface area (Å²) in [5, 5.41) is 21.8. The number of fused-ring (bicyclic) bond motifs is 1. The summed E-state index contributed by atoms with van der Waals surface area (Å²) in [4.78, 5) is 39.3. The largest absolute Gasteiger partial charge is 0.481 e. The van der Waals surface area contributed by atoms with Gasteiger partial charge in [-0.3, -0.25) is 19.3 Å². The van der Waals surface area contributed by atoms with Crippen LogP contribution in [0.3, 0.4) is 0 Å². The molecule has 2 heterocycles. The van der Waals surface area contributed by atoms with Crippen molar-refractivity contribution >= 4 is 34.4 Å². The van der Waals surface area contributed by atoms with Gasteiger partial charge in [0.05, 0.1) is 19.6 Å². The molecule has 1 aliphatic heterocycles. The monoisotopic (exact) mass is 375 g/mol. The number of carboxylic acid groups (broad SMARTS) is 2. The first kappa shape index (κ1) is 18.9. The summed E-state index contributed by atoms with van der Waals surface area (Å²) >= 11 is 0. The Kier molecular flexibility index (Phi) is 5.72. The predicted octanol–water partition coefficient (Wildman–Crippen LogP) is 1.43. The standard InChI is InChI=1S/C18H21N3O6/c22-15(3-4-16(23)24)20-11-1-2-14-12(9-11)13(10-19-14)17(18(25)26)21-5-7-27-8-6-21/h1-2,9-10,17,19H,3-8H2,(H,20,22)(H,23,24)(H,25,26). The highest BCUT2D eigenvalue weighted by molar-refractivity contribution is 5.96. The Hall–Kier alpha value is -2.91. The Bertz CT molecular complexity index is 856. The van der Waals surface area contributed by atoms with Gasteiger partial charge in [-0.05, 0) is 18.2 Å². The molecule has 2 aromatic rings. The number of carbonyl (C=O) groups excluding carboxylic acids is 1. The highest BCUT2D eigenvalue weighted by atomic mass is 16.5. The van der Waals surface area contributed by atoms with Crippen molar-refractivity contribution in [3.63, 3.8) is 0 Å². The third-order valence-corrected chi connectivity index (χ3v) is 4.50. The maximum absolute atomic E-state index is 11.9. The van der Waals surface area contributed by atoms with E-state index >= 15 is 0 Å². The van der Waals surface area contributed by atoms with Gasteiger partial charge in [-0.25, -0.2) is 0 Å². The molecule has 144 valence electrons. The molecule has 4 N–H and O–H groups in total. The number of carboxylic acids is 2. The number of amides is 1. The molecule has 9 nitrogen and oxygen atoms in total. The van der Waals surface area contributed by atoms with Crippen LogP contribution in [0.2, 0.25) is 0 Å². The summed E-state index contributed by atoms with van der Waals surface area (Å²) in [5.41, 5.74) is 1.86. The molecule has 1 aromatic heterocycles. The fourth-order valence-electron chi connectivity index (χ4n) is 3.21. The molecule has 0 radical (unpaired) electrons. The molecule has 1 atom stereocenters. The normalized spacial score (nSPS) is 16.1. The zero-order chi connectivity index (χ0) is 19.4. The SMILES string of the molecule is O=C(O)CCC(=O)Nc1ccc2[nH]cc(C(C(=O)O)N3CCOCC3)c2c1. The van der Waals surface area contributed by atoms with Crippen molar-refractivity contribution in [2.75, 3.05) is 31.6 Å². The fourth-order valence-corrected chi connectivity index (χ4v) is 3.21. The smallest absolute Gasteiger partial charge is 0.325 e. The molecular formula is C18H21N3O6. The molecular weight excluding hydrogens is 354 g/mol. The number of aromatic nitrogens is 1. The molecule has 1 unspecified atom stereocenters. The zero-order valence-corrected chi connectivity index (χ0v) is 14.6. The van der Waals surface area contributed by atoms with Crippen LogP contribution in [0.5, 0.6) is 0 Å². The van der Waals surface area contributed by atoms with Gasteiger partial charge in [-0.15, -0.1) is 0 Å². The van der Waals surface area contributed by atoms with Gasteiger partial charge in [-0.1, -0.05) is 0 Å². The van der Waals surface area contributed by atoms with Crippen molar-refractivity contribution in [3.05, 3.63) is 30.0 Å². The molecule has 0 saturated carbocycles. The van der Waals surface area contributed by atoms with Gasteiger partial charge >= 0.3 is 11.9 Å². The molecule has 1 aromatic carbocycles. The molecule has 0 spiro atoms. The van der Waals surface area contributed by atoms with E-state index in [-0.39, 0.29) is 12.8 Å². The van der Waals surface area contributed by atoms with Crippen molar-refractivity contribution in [2.45, 2.75) is 18.9 Å². The average Bonchev–Trinajstić information content (AvgIpc) is 3.04. The lowest BCUT2D eigenvalue weighted by Gasteiger charge is -2.31. The first-order valence-corrected chi connectivity index (χ1v) is 8.63. The summed E-state index contributed by atoms with van der Waals surface area (Å²) in [5.74, 6) is -2.39. The van der Waals surface area contributed by atoms with E-state index in [4.69, 9.17) is 9.84 Å². The summed E-state index contributed by atoms with van der Waals surface area (Å²) in [6.45, 7) is 2.01. The minimum Gasteiger partial charge on any atom is -0.481 e. The number of hydrogen-bond acceptors (Lipinski definition) is 5. The van der Waals surface area contributed by atoms with Crippen LogP contribution in [0, 0.1) is 0 Å². The topological polar surface area (TPSA) is 132 Å². The number of carbonyl (C=O) groups is 3. The maximum Gasteiger partial charge on any atom is 0.325 e. The third-order valence-electron chi connectivity index (χ3n) is 4.50. The molecule has 1 amide bonds. The van der Waals surface area contributed by atoms with Gasteiger partial charge in [-0.2, -0.15) is 0 Å². The van der Waals surface area contributed by atoms with Gasteiger partial charge in [0.25, 0.3) is 0 Å². The number of aliphatic carboxylic acids is 2. The highest BCUT2D eigenvalue weighted by Crippen LogP contribution is 2.31. The number of hydrogen-bond donors (Lipinski definition) is 4. The van der Waals surface area contributed by atoms with E-state index in [1.165, 1.54) is 0 Å². The minimum absolute atomic E-state index is 0.126. The molecule has 1 saturated heterocycles. The van der Waals surface area contributed by atoms with Crippen molar-refractivity contribution < 1.29 is 29.3 Å². The van der Waals surface area contributed by atoms with E-state index < -0.39 is 23.9 Å². The lowest BCUT2D eigenvalue weighted by atomic mass is 10.0. The Morgan fingerprint density at radius 3 is 2.59 bits per heavy atom. The second-order valence-electron chi connectivity index (χ2n) is 6.34.